The van der Waals surface area contributed by atoms with E-state index in [-0.39, 0.29) is 11.8 Å². The lowest BCUT2D eigenvalue weighted by Crippen LogP contribution is -2.49. The number of likely N-dealkylation sites (tertiary alicyclic amines) is 1. The van der Waals surface area contributed by atoms with Crippen molar-refractivity contribution in [2.45, 2.75) is 51.6 Å². The maximum Gasteiger partial charge on any atom is 0.320 e. The van der Waals surface area contributed by atoms with E-state index >= 15 is 0 Å². The zero-order chi connectivity index (χ0) is 11.4. The van der Waals surface area contributed by atoms with E-state index in [4.69, 9.17) is 5.11 Å². The van der Waals surface area contributed by atoms with Gasteiger partial charge in [0.05, 0.1) is 0 Å². The number of ketones is 1. The van der Waals surface area contributed by atoms with Gasteiger partial charge < -0.3 is 5.11 Å². The van der Waals surface area contributed by atoms with Crippen LogP contribution in [0.15, 0.2) is 0 Å². The lowest BCUT2D eigenvalue weighted by Gasteiger charge is -2.37. The van der Waals surface area contributed by atoms with Gasteiger partial charge in [0.25, 0.3) is 0 Å². The zero-order valence-electron chi connectivity index (χ0n) is 9.40. The third-order valence-electron chi connectivity index (χ3n) is 3.05. The van der Waals surface area contributed by atoms with Crippen molar-refractivity contribution in [2.24, 2.45) is 0 Å². The fourth-order valence-corrected chi connectivity index (χ4v) is 2.23. The molecule has 86 valence electrons. The number of Topliss-reactive ketones (excluding diaryl/α,β-unsaturated/α-hetero) is 1. The smallest absolute Gasteiger partial charge is 0.320 e. The van der Waals surface area contributed by atoms with Gasteiger partial charge in [-0.15, -0.1) is 0 Å². The third kappa shape index (κ3) is 3.30. The highest BCUT2D eigenvalue weighted by Gasteiger charge is 2.30. The highest BCUT2D eigenvalue weighted by molar-refractivity contribution is 5.76. The molecule has 0 saturated carbocycles. The van der Waals surface area contributed by atoms with Gasteiger partial charge in [0, 0.05) is 12.5 Å². The summed E-state index contributed by atoms with van der Waals surface area (Å²) in [6, 6.07) is -0.350. The molecule has 1 fully saturated rings. The van der Waals surface area contributed by atoms with Crippen LogP contribution in [0.3, 0.4) is 0 Å². The maximum absolute atomic E-state index is 11.1. The Morgan fingerprint density at radius 2 is 2.13 bits per heavy atom. The van der Waals surface area contributed by atoms with Crippen molar-refractivity contribution < 1.29 is 14.7 Å². The lowest BCUT2D eigenvalue weighted by molar-refractivity contribution is -0.144. The summed E-state index contributed by atoms with van der Waals surface area (Å²) in [6.45, 7) is 4.06. The van der Waals surface area contributed by atoms with Gasteiger partial charge in [-0.05, 0) is 33.2 Å². The summed E-state index contributed by atoms with van der Waals surface area (Å²) in [6.07, 6.45) is 3.56. The minimum atomic E-state index is -0.801. The second kappa shape index (κ2) is 5.26. The van der Waals surface area contributed by atoms with Gasteiger partial charge in [0.2, 0.25) is 0 Å². The maximum atomic E-state index is 11.1. The van der Waals surface area contributed by atoms with Crippen LogP contribution in [0, 0.1) is 0 Å². The number of carboxylic acid groups (broad SMARTS) is 1. The predicted octanol–water partition coefficient (Wildman–Crippen LogP) is 1.29. The molecule has 4 nitrogen and oxygen atoms in total. The van der Waals surface area contributed by atoms with E-state index in [1.54, 1.807) is 13.8 Å². The number of carbonyl (C=O) groups excluding carboxylic acids is 1. The molecule has 1 saturated heterocycles. The molecule has 1 aliphatic rings. The molecule has 0 aliphatic carbocycles. The second-order valence-electron chi connectivity index (χ2n) is 4.31. The average Bonchev–Trinajstić information content (AvgIpc) is 2.16. The van der Waals surface area contributed by atoms with Crippen molar-refractivity contribution in [1.29, 1.82) is 0 Å². The molecule has 0 radical (unpaired) electrons. The number of nitrogens with zero attached hydrogens (tertiary/aromatic N) is 1. The summed E-state index contributed by atoms with van der Waals surface area (Å²) in [7, 11) is 0. The Labute approximate surface area is 90.3 Å². The first kappa shape index (κ1) is 12.2. The molecule has 0 spiro atoms. The number of hydrogen-bond donors (Lipinski definition) is 1. The van der Waals surface area contributed by atoms with Crippen LogP contribution in [0.25, 0.3) is 0 Å². The van der Waals surface area contributed by atoms with Crippen LogP contribution in [-0.2, 0) is 9.59 Å². The normalized spacial score (nSPS) is 24.8. The summed E-state index contributed by atoms with van der Waals surface area (Å²) >= 11 is 0. The quantitative estimate of drug-likeness (QED) is 0.764. The van der Waals surface area contributed by atoms with Crippen LogP contribution in [-0.4, -0.2) is 40.4 Å². The third-order valence-corrected chi connectivity index (χ3v) is 3.05. The molecule has 0 aromatic carbocycles. The van der Waals surface area contributed by atoms with Gasteiger partial charge in [-0.2, -0.15) is 0 Å². The van der Waals surface area contributed by atoms with E-state index in [0.29, 0.717) is 6.42 Å². The molecule has 2 atom stereocenters. The van der Waals surface area contributed by atoms with Gasteiger partial charge in [-0.25, -0.2) is 0 Å². The van der Waals surface area contributed by atoms with E-state index < -0.39 is 12.0 Å². The molecule has 0 aromatic heterocycles. The molecule has 0 amide bonds. The molecule has 15 heavy (non-hydrogen) atoms. The van der Waals surface area contributed by atoms with Crippen molar-refractivity contribution in [2.75, 3.05) is 6.54 Å². The second-order valence-corrected chi connectivity index (χ2v) is 4.31. The Hall–Kier alpha value is -0.900. The van der Waals surface area contributed by atoms with E-state index in [9.17, 15) is 9.59 Å². The number of aliphatic carboxylic acids is 1. The van der Waals surface area contributed by atoms with E-state index in [0.717, 1.165) is 25.8 Å². The molecule has 0 aromatic rings. The van der Waals surface area contributed by atoms with Crippen molar-refractivity contribution in [3.05, 3.63) is 0 Å². The SMILES string of the molecule is CC(=O)CC1CCCCN1C(C)C(=O)O. The fraction of sp³-hybridized carbons (Fsp3) is 0.818. The summed E-state index contributed by atoms with van der Waals surface area (Å²) in [5.41, 5.74) is 0. The van der Waals surface area contributed by atoms with Crippen molar-refractivity contribution in [3.8, 4) is 0 Å². The van der Waals surface area contributed by atoms with Crippen LogP contribution in [0.2, 0.25) is 0 Å². The lowest BCUT2D eigenvalue weighted by atomic mass is 9.96. The van der Waals surface area contributed by atoms with Crippen LogP contribution in [0.4, 0.5) is 0 Å². The Morgan fingerprint density at radius 1 is 1.47 bits per heavy atom. The molecule has 1 N–H and O–H groups in total. The summed E-state index contributed by atoms with van der Waals surface area (Å²) in [4.78, 5) is 23.9. The molecule has 2 unspecified atom stereocenters. The van der Waals surface area contributed by atoms with Gasteiger partial charge in [0.1, 0.15) is 11.8 Å². The summed E-state index contributed by atoms with van der Waals surface area (Å²) in [5, 5.41) is 8.96. The Bertz CT molecular complexity index is 252. The molecular formula is C11H19NO3. The summed E-state index contributed by atoms with van der Waals surface area (Å²) < 4.78 is 0. The van der Waals surface area contributed by atoms with Gasteiger partial charge >= 0.3 is 5.97 Å². The highest BCUT2D eigenvalue weighted by Crippen LogP contribution is 2.22. The van der Waals surface area contributed by atoms with Crippen molar-refractivity contribution in [3.63, 3.8) is 0 Å². The monoisotopic (exact) mass is 213 g/mol. The Kier molecular flexibility index (Phi) is 4.27. The molecular weight excluding hydrogens is 194 g/mol. The van der Waals surface area contributed by atoms with Crippen LogP contribution < -0.4 is 0 Å². The van der Waals surface area contributed by atoms with Crippen molar-refractivity contribution in [1.82, 2.24) is 4.90 Å². The van der Waals surface area contributed by atoms with E-state index in [2.05, 4.69) is 0 Å². The number of hydrogen-bond acceptors (Lipinski definition) is 3. The first-order chi connectivity index (χ1) is 7.02. The fourth-order valence-electron chi connectivity index (χ4n) is 2.23. The minimum Gasteiger partial charge on any atom is -0.480 e. The number of carbonyl (C=O) groups is 2. The highest BCUT2D eigenvalue weighted by atomic mass is 16.4. The van der Waals surface area contributed by atoms with Gasteiger partial charge in [0.15, 0.2) is 0 Å². The number of rotatable bonds is 4. The first-order valence-corrected chi connectivity index (χ1v) is 5.50. The van der Waals surface area contributed by atoms with E-state index in [1.165, 1.54) is 0 Å². The topological polar surface area (TPSA) is 57.6 Å². The zero-order valence-corrected chi connectivity index (χ0v) is 9.40. The standard InChI is InChI=1S/C11H19NO3/c1-8(13)7-10-5-3-4-6-12(10)9(2)11(14)15/h9-10H,3-7H2,1-2H3,(H,14,15). The molecule has 1 heterocycles. The number of carboxylic acids is 1. The predicted molar refractivity (Wildman–Crippen MR) is 56.7 cm³/mol. The largest absolute Gasteiger partial charge is 0.480 e. The van der Waals surface area contributed by atoms with Crippen LogP contribution in [0.5, 0.6) is 0 Å². The van der Waals surface area contributed by atoms with Gasteiger partial charge in [-0.3, -0.25) is 14.5 Å². The Balaban J connectivity index is 2.64. The summed E-state index contributed by atoms with van der Waals surface area (Å²) in [5.74, 6) is -0.657. The first-order valence-electron chi connectivity index (χ1n) is 5.50. The molecule has 0 bridgehead atoms. The minimum absolute atomic E-state index is 0.127. The van der Waals surface area contributed by atoms with Crippen LogP contribution >= 0.6 is 0 Å². The van der Waals surface area contributed by atoms with Gasteiger partial charge in [-0.1, -0.05) is 6.42 Å². The Morgan fingerprint density at radius 3 is 2.67 bits per heavy atom. The molecule has 1 rings (SSSR count). The van der Waals surface area contributed by atoms with Crippen LogP contribution in [0.1, 0.15) is 39.5 Å². The van der Waals surface area contributed by atoms with E-state index in [1.807, 2.05) is 4.90 Å². The number of piperidine rings is 1. The average molecular weight is 213 g/mol. The molecule has 1 aliphatic heterocycles. The molecule has 4 heteroatoms. The van der Waals surface area contributed by atoms with Crippen molar-refractivity contribution >= 4 is 11.8 Å².